The summed E-state index contributed by atoms with van der Waals surface area (Å²) in [5.41, 5.74) is 2.16. The fourth-order valence-corrected chi connectivity index (χ4v) is 3.86. The molecule has 0 spiro atoms. The highest BCUT2D eigenvalue weighted by Gasteiger charge is 2.26. The Morgan fingerprint density at radius 1 is 1.10 bits per heavy atom. The number of hydrogen-bond donors (Lipinski definition) is 2. The zero-order chi connectivity index (χ0) is 21.2. The number of aliphatic imine (C=N–C) groups is 1. The third-order valence-corrected chi connectivity index (χ3v) is 5.34. The van der Waals surface area contributed by atoms with Gasteiger partial charge in [0.25, 0.3) is 0 Å². The van der Waals surface area contributed by atoms with E-state index in [1.54, 1.807) is 20.4 Å². The summed E-state index contributed by atoms with van der Waals surface area (Å²) in [4.78, 5) is 11.5. The number of methoxy groups -OCH3 is 2. The number of nitrogens with zero attached hydrogens (tertiary/aromatic N) is 3. The van der Waals surface area contributed by atoms with Crippen molar-refractivity contribution >= 4 is 5.96 Å². The molecule has 0 bridgehead atoms. The Labute approximate surface area is 179 Å². The first-order chi connectivity index (χ1) is 14.8. The number of hydrogen-bond acceptors (Lipinski definition) is 5. The van der Waals surface area contributed by atoms with E-state index >= 15 is 0 Å². The van der Waals surface area contributed by atoms with E-state index < -0.39 is 0 Å². The van der Waals surface area contributed by atoms with Crippen molar-refractivity contribution in [3.8, 4) is 11.6 Å². The van der Waals surface area contributed by atoms with Gasteiger partial charge in [0.15, 0.2) is 5.96 Å². The monoisotopic (exact) mass is 411 g/mol. The van der Waals surface area contributed by atoms with Crippen LogP contribution < -0.4 is 20.1 Å². The number of likely N-dealkylation sites (tertiary alicyclic amines) is 1. The standard InChI is InChI=1S/C23H33N5O2/c1-4-24-23(26-16-18-10-9-13-25-22(18)30-3)27-17-20(28-14-7-8-15-28)19-11-5-6-12-21(19)29-2/h5-6,9-13,20H,4,7-8,14-17H2,1-3H3,(H2,24,26,27). The fourth-order valence-electron chi connectivity index (χ4n) is 3.86. The Hall–Kier alpha value is -2.80. The van der Waals surface area contributed by atoms with E-state index in [1.807, 2.05) is 24.3 Å². The Kier molecular flexibility index (Phi) is 8.32. The van der Waals surface area contributed by atoms with Crippen LogP contribution in [-0.4, -0.2) is 56.2 Å². The lowest BCUT2D eigenvalue weighted by Crippen LogP contribution is -2.42. The molecular formula is C23H33N5O2. The molecule has 1 saturated heterocycles. The predicted octanol–water partition coefficient (Wildman–Crippen LogP) is 2.99. The number of pyridine rings is 1. The number of para-hydroxylation sites is 1. The molecular weight excluding hydrogens is 378 g/mol. The summed E-state index contributed by atoms with van der Waals surface area (Å²) in [7, 11) is 3.37. The molecule has 0 amide bonds. The van der Waals surface area contributed by atoms with Crippen LogP contribution in [0.15, 0.2) is 47.6 Å². The average molecular weight is 412 g/mol. The minimum atomic E-state index is 0.223. The van der Waals surface area contributed by atoms with Crippen LogP contribution in [0.3, 0.4) is 0 Å². The molecule has 162 valence electrons. The second-order valence-electron chi connectivity index (χ2n) is 7.25. The van der Waals surface area contributed by atoms with E-state index in [1.165, 1.54) is 18.4 Å². The van der Waals surface area contributed by atoms with Crippen molar-refractivity contribution in [2.24, 2.45) is 4.99 Å². The Morgan fingerprint density at radius 2 is 1.90 bits per heavy atom. The molecule has 2 N–H and O–H groups in total. The lowest BCUT2D eigenvalue weighted by atomic mass is 10.0. The van der Waals surface area contributed by atoms with Gasteiger partial charge in [-0.3, -0.25) is 4.90 Å². The molecule has 3 rings (SSSR count). The minimum Gasteiger partial charge on any atom is -0.496 e. The van der Waals surface area contributed by atoms with Crippen molar-refractivity contribution in [3.63, 3.8) is 0 Å². The van der Waals surface area contributed by atoms with E-state index in [4.69, 9.17) is 14.5 Å². The lowest BCUT2D eigenvalue weighted by Gasteiger charge is -2.30. The van der Waals surface area contributed by atoms with Crippen LogP contribution in [-0.2, 0) is 6.54 Å². The second kappa shape index (κ2) is 11.4. The lowest BCUT2D eigenvalue weighted by molar-refractivity contribution is 0.239. The smallest absolute Gasteiger partial charge is 0.218 e. The van der Waals surface area contributed by atoms with Gasteiger partial charge >= 0.3 is 0 Å². The molecule has 2 heterocycles. The van der Waals surface area contributed by atoms with Crippen LogP contribution in [0.25, 0.3) is 0 Å². The summed E-state index contributed by atoms with van der Waals surface area (Å²) in [6.07, 6.45) is 4.20. The summed E-state index contributed by atoms with van der Waals surface area (Å²) >= 11 is 0. The van der Waals surface area contributed by atoms with E-state index in [0.29, 0.717) is 12.4 Å². The molecule has 1 fully saturated rings. The number of ether oxygens (including phenoxy) is 2. The summed E-state index contributed by atoms with van der Waals surface area (Å²) in [5, 5.41) is 6.88. The summed E-state index contributed by atoms with van der Waals surface area (Å²) in [6.45, 7) is 6.31. The molecule has 7 nitrogen and oxygen atoms in total. The number of benzene rings is 1. The molecule has 2 aromatic rings. The van der Waals surface area contributed by atoms with Crippen molar-refractivity contribution in [3.05, 3.63) is 53.7 Å². The third-order valence-electron chi connectivity index (χ3n) is 5.34. The van der Waals surface area contributed by atoms with Gasteiger partial charge in [0, 0.05) is 30.4 Å². The largest absolute Gasteiger partial charge is 0.496 e. The van der Waals surface area contributed by atoms with Crippen LogP contribution in [0.4, 0.5) is 0 Å². The van der Waals surface area contributed by atoms with Gasteiger partial charge in [-0.25, -0.2) is 9.98 Å². The van der Waals surface area contributed by atoms with Crippen molar-refractivity contribution < 1.29 is 9.47 Å². The second-order valence-corrected chi connectivity index (χ2v) is 7.25. The van der Waals surface area contributed by atoms with Gasteiger partial charge in [0.05, 0.1) is 26.8 Å². The van der Waals surface area contributed by atoms with Gasteiger partial charge in [0.1, 0.15) is 5.75 Å². The van der Waals surface area contributed by atoms with Crippen LogP contribution in [0, 0.1) is 0 Å². The van der Waals surface area contributed by atoms with Crippen LogP contribution in [0.5, 0.6) is 11.6 Å². The van der Waals surface area contributed by atoms with Gasteiger partial charge in [0.2, 0.25) is 5.88 Å². The molecule has 7 heteroatoms. The Morgan fingerprint density at radius 3 is 2.63 bits per heavy atom. The fraction of sp³-hybridized carbons (Fsp3) is 0.478. The normalized spacial score (nSPS) is 15.6. The van der Waals surface area contributed by atoms with E-state index in [9.17, 15) is 0 Å². The number of nitrogens with one attached hydrogen (secondary N) is 2. The zero-order valence-corrected chi connectivity index (χ0v) is 18.2. The molecule has 1 aliphatic rings. The predicted molar refractivity (Wildman–Crippen MR) is 120 cm³/mol. The molecule has 1 aromatic carbocycles. The molecule has 0 aliphatic carbocycles. The van der Waals surface area contributed by atoms with Gasteiger partial charge in [-0.2, -0.15) is 0 Å². The average Bonchev–Trinajstić information content (AvgIpc) is 3.32. The first-order valence-electron chi connectivity index (χ1n) is 10.6. The zero-order valence-electron chi connectivity index (χ0n) is 18.2. The summed E-state index contributed by atoms with van der Waals surface area (Å²) in [5.74, 6) is 2.32. The van der Waals surface area contributed by atoms with Gasteiger partial charge in [-0.05, 0) is 45.0 Å². The summed E-state index contributed by atoms with van der Waals surface area (Å²) < 4.78 is 11.0. The highest BCUT2D eigenvalue weighted by atomic mass is 16.5. The third kappa shape index (κ3) is 5.63. The van der Waals surface area contributed by atoms with Crippen molar-refractivity contribution in [1.29, 1.82) is 0 Å². The van der Waals surface area contributed by atoms with Crippen LogP contribution in [0.1, 0.15) is 36.9 Å². The number of guanidine groups is 1. The number of aromatic nitrogens is 1. The van der Waals surface area contributed by atoms with Crippen molar-refractivity contribution in [2.75, 3.05) is 40.4 Å². The first kappa shape index (κ1) is 21.9. The molecule has 30 heavy (non-hydrogen) atoms. The molecule has 1 atom stereocenters. The van der Waals surface area contributed by atoms with E-state index in [2.05, 4.69) is 39.6 Å². The molecule has 0 radical (unpaired) electrons. The van der Waals surface area contributed by atoms with Gasteiger partial charge < -0.3 is 20.1 Å². The Balaban J connectivity index is 1.75. The minimum absolute atomic E-state index is 0.223. The van der Waals surface area contributed by atoms with Crippen molar-refractivity contribution in [1.82, 2.24) is 20.5 Å². The number of rotatable bonds is 9. The molecule has 1 unspecified atom stereocenters. The van der Waals surface area contributed by atoms with E-state index in [0.717, 1.165) is 43.5 Å². The maximum absolute atomic E-state index is 5.65. The molecule has 1 aromatic heterocycles. The summed E-state index contributed by atoms with van der Waals surface area (Å²) in [6, 6.07) is 12.4. The van der Waals surface area contributed by atoms with E-state index in [-0.39, 0.29) is 6.04 Å². The molecule has 0 saturated carbocycles. The SMILES string of the molecule is CCNC(=NCc1cccnc1OC)NCC(c1ccccc1OC)N1CCCC1. The first-order valence-corrected chi connectivity index (χ1v) is 10.6. The molecule has 1 aliphatic heterocycles. The topological polar surface area (TPSA) is 71.0 Å². The highest BCUT2D eigenvalue weighted by molar-refractivity contribution is 5.79. The Bertz CT molecular complexity index is 821. The van der Waals surface area contributed by atoms with Gasteiger partial charge in [-0.1, -0.05) is 24.3 Å². The maximum Gasteiger partial charge on any atom is 0.218 e. The maximum atomic E-state index is 5.65. The highest BCUT2D eigenvalue weighted by Crippen LogP contribution is 2.31. The van der Waals surface area contributed by atoms with Crippen LogP contribution >= 0.6 is 0 Å². The van der Waals surface area contributed by atoms with Crippen molar-refractivity contribution in [2.45, 2.75) is 32.4 Å². The quantitative estimate of drug-likeness (QED) is 0.488. The van der Waals surface area contributed by atoms with Crippen LogP contribution in [0.2, 0.25) is 0 Å². The van der Waals surface area contributed by atoms with Gasteiger partial charge in [-0.15, -0.1) is 0 Å².